The molecule has 3 rings (SSSR count). The first-order valence-electron chi connectivity index (χ1n) is 10.3. The van der Waals surface area contributed by atoms with E-state index in [0.29, 0.717) is 6.54 Å². The molecule has 0 bridgehead atoms. The van der Waals surface area contributed by atoms with E-state index in [1.165, 1.54) is 22.0 Å². The third kappa shape index (κ3) is 4.58. The Hall–Kier alpha value is -2.70. The van der Waals surface area contributed by atoms with Gasteiger partial charge >= 0.3 is 0 Å². The fourth-order valence-electron chi connectivity index (χ4n) is 3.57. The Labute approximate surface area is 169 Å². The second-order valence-electron chi connectivity index (χ2n) is 7.11. The van der Waals surface area contributed by atoms with E-state index in [9.17, 15) is 0 Å². The number of rotatable bonds is 7. The molecule has 3 aromatic rings. The molecule has 0 unspecified atom stereocenters. The van der Waals surface area contributed by atoms with Crippen molar-refractivity contribution in [2.24, 2.45) is 0 Å². The summed E-state index contributed by atoms with van der Waals surface area (Å²) in [5.41, 5.74) is 6.13. The van der Waals surface area contributed by atoms with Gasteiger partial charge in [-0.15, -0.1) is 0 Å². The topological polar surface area (TPSA) is 20.2 Å². The Morgan fingerprint density at radius 2 is 1.75 bits per heavy atom. The predicted molar refractivity (Wildman–Crippen MR) is 121 cm³/mol. The molecule has 0 fully saturated rings. The van der Waals surface area contributed by atoms with E-state index in [0.717, 1.165) is 37.6 Å². The normalized spacial score (nSPS) is 10.9. The standard InChI is InChI=1S/C25H31N3/c1-5-27(6-2)19-21-10-8-12-25-24(21)18-23(28(25)7-3)11-9-17-26-22-15-13-20(4)14-16-22/h8,10,12-16,18,26H,5-7,17,19H2,1-4H3. The molecule has 1 heterocycles. The smallest absolute Gasteiger partial charge is 0.0931 e. The average Bonchev–Trinajstić information content (AvgIpc) is 3.09. The molecular formula is C25H31N3. The summed E-state index contributed by atoms with van der Waals surface area (Å²) in [7, 11) is 0. The average molecular weight is 374 g/mol. The van der Waals surface area contributed by atoms with Crippen molar-refractivity contribution >= 4 is 16.6 Å². The van der Waals surface area contributed by atoms with E-state index in [1.807, 2.05) is 0 Å². The second-order valence-corrected chi connectivity index (χ2v) is 7.11. The molecule has 2 aromatic carbocycles. The van der Waals surface area contributed by atoms with Crippen LogP contribution in [0.15, 0.2) is 48.5 Å². The van der Waals surface area contributed by atoms with Crippen LogP contribution in [0, 0.1) is 18.8 Å². The minimum Gasteiger partial charge on any atom is -0.374 e. The Bertz CT molecular complexity index is 967. The lowest BCUT2D eigenvalue weighted by Crippen LogP contribution is -2.22. The van der Waals surface area contributed by atoms with Gasteiger partial charge in [-0.3, -0.25) is 4.90 Å². The highest BCUT2D eigenvalue weighted by Gasteiger charge is 2.11. The maximum atomic E-state index is 3.38. The highest BCUT2D eigenvalue weighted by molar-refractivity contribution is 5.85. The molecule has 0 spiro atoms. The molecule has 1 aromatic heterocycles. The van der Waals surface area contributed by atoms with E-state index in [4.69, 9.17) is 0 Å². The third-order valence-corrected chi connectivity index (χ3v) is 5.29. The van der Waals surface area contributed by atoms with Crippen LogP contribution in [0.5, 0.6) is 0 Å². The van der Waals surface area contributed by atoms with Gasteiger partial charge < -0.3 is 9.88 Å². The molecule has 0 atom stereocenters. The lowest BCUT2D eigenvalue weighted by atomic mass is 10.1. The molecule has 3 nitrogen and oxygen atoms in total. The second kappa shape index (κ2) is 9.48. The van der Waals surface area contributed by atoms with Gasteiger partial charge in [0.1, 0.15) is 0 Å². The summed E-state index contributed by atoms with van der Waals surface area (Å²) in [6.07, 6.45) is 0. The highest BCUT2D eigenvalue weighted by Crippen LogP contribution is 2.24. The minimum atomic E-state index is 0.639. The van der Waals surface area contributed by atoms with Gasteiger partial charge in [0.05, 0.1) is 12.2 Å². The van der Waals surface area contributed by atoms with E-state index >= 15 is 0 Å². The fourth-order valence-corrected chi connectivity index (χ4v) is 3.57. The molecule has 0 aliphatic carbocycles. The molecule has 0 aliphatic heterocycles. The summed E-state index contributed by atoms with van der Waals surface area (Å²) in [5.74, 6) is 6.67. The molecule has 3 heteroatoms. The van der Waals surface area contributed by atoms with Gasteiger partial charge in [0.2, 0.25) is 0 Å². The largest absolute Gasteiger partial charge is 0.374 e. The van der Waals surface area contributed by atoms with Crippen molar-refractivity contribution in [1.82, 2.24) is 9.47 Å². The number of aryl methyl sites for hydroxylation is 2. The first-order valence-corrected chi connectivity index (χ1v) is 10.3. The van der Waals surface area contributed by atoms with Crippen molar-refractivity contribution < 1.29 is 0 Å². The molecular weight excluding hydrogens is 342 g/mol. The number of hydrogen-bond acceptors (Lipinski definition) is 2. The van der Waals surface area contributed by atoms with E-state index in [-0.39, 0.29) is 0 Å². The van der Waals surface area contributed by atoms with Crippen molar-refractivity contribution in [3.05, 3.63) is 65.4 Å². The van der Waals surface area contributed by atoms with Crippen LogP contribution in [0.1, 0.15) is 37.6 Å². The first-order chi connectivity index (χ1) is 13.7. The molecule has 28 heavy (non-hydrogen) atoms. The van der Waals surface area contributed by atoms with Crippen molar-refractivity contribution in [2.75, 3.05) is 25.0 Å². The first kappa shape index (κ1) is 20.0. The number of hydrogen-bond donors (Lipinski definition) is 1. The SMILES string of the molecule is CCN(CC)Cc1cccc2c1cc(C#CCNc1ccc(C)cc1)n2CC. The van der Waals surface area contributed by atoms with Crippen molar-refractivity contribution in [1.29, 1.82) is 0 Å². The summed E-state index contributed by atoms with van der Waals surface area (Å²) in [4.78, 5) is 2.45. The van der Waals surface area contributed by atoms with E-state index in [1.54, 1.807) is 0 Å². The Balaban J connectivity index is 1.82. The summed E-state index contributed by atoms with van der Waals surface area (Å²) in [6, 6.07) is 17.3. The van der Waals surface area contributed by atoms with Crippen LogP contribution in [0.25, 0.3) is 10.9 Å². The number of benzene rings is 2. The Morgan fingerprint density at radius 3 is 2.43 bits per heavy atom. The van der Waals surface area contributed by atoms with Crippen molar-refractivity contribution in [3.63, 3.8) is 0 Å². The maximum Gasteiger partial charge on any atom is 0.0931 e. The van der Waals surface area contributed by atoms with Crippen molar-refractivity contribution in [2.45, 2.75) is 40.8 Å². The van der Waals surface area contributed by atoms with E-state index in [2.05, 4.69) is 103 Å². The number of nitrogens with zero attached hydrogens (tertiary/aromatic N) is 2. The van der Waals surface area contributed by atoms with Gasteiger partial charge in [-0.25, -0.2) is 0 Å². The van der Waals surface area contributed by atoms with Gasteiger partial charge in [-0.1, -0.05) is 49.6 Å². The molecule has 146 valence electrons. The maximum absolute atomic E-state index is 3.38. The van der Waals surface area contributed by atoms with Crippen LogP contribution in [-0.4, -0.2) is 29.1 Å². The van der Waals surface area contributed by atoms with Gasteiger partial charge in [0.15, 0.2) is 0 Å². The van der Waals surface area contributed by atoms with Crippen LogP contribution >= 0.6 is 0 Å². The van der Waals surface area contributed by atoms with Gasteiger partial charge in [0, 0.05) is 29.7 Å². The fraction of sp³-hybridized carbons (Fsp3) is 0.360. The summed E-state index contributed by atoms with van der Waals surface area (Å²) in [6.45, 7) is 13.4. The molecule has 0 saturated carbocycles. The van der Waals surface area contributed by atoms with Gasteiger partial charge in [-0.2, -0.15) is 0 Å². The third-order valence-electron chi connectivity index (χ3n) is 5.29. The molecule has 0 amide bonds. The number of fused-ring (bicyclic) bond motifs is 1. The number of aromatic nitrogens is 1. The lowest BCUT2D eigenvalue weighted by Gasteiger charge is -2.18. The van der Waals surface area contributed by atoms with Crippen LogP contribution in [-0.2, 0) is 13.1 Å². The Morgan fingerprint density at radius 1 is 1.00 bits per heavy atom. The molecule has 0 saturated heterocycles. The molecule has 0 aliphatic rings. The quantitative estimate of drug-likeness (QED) is 0.569. The number of anilines is 1. The van der Waals surface area contributed by atoms with Gasteiger partial charge in [-0.05, 0) is 62.7 Å². The summed E-state index contributed by atoms with van der Waals surface area (Å²) in [5, 5.41) is 4.70. The van der Waals surface area contributed by atoms with Crippen LogP contribution < -0.4 is 5.32 Å². The molecule has 0 radical (unpaired) electrons. The van der Waals surface area contributed by atoms with E-state index < -0.39 is 0 Å². The zero-order valence-corrected chi connectivity index (χ0v) is 17.5. The van der Waals surface area contributed by atoms with Crippen LogP contribution in [0.4, 0.5) is 5.69 Å². The predicted octanol–water partition coefficient (Wildman–Crippen LogP) is 5.28. The Kier molecular flexibility index (Phi) is 6.79. The van der Waals surface area contributed by atoms with Crippen LogP contribution in [0.2, 0.25) is 0 Å². The van der Waals surface area contributed by atoms with Gasteiger partial charge in [0.25, 0.3) is 0 Å². The number of nitrogens with one attached hydrogen (secondary N) is 1. The van der Waals surface area contributed by atoms with Crippen LogP contribution in [0.3, 0.4) is 0 Å². The monoisotopic (exact) mass is 373 g/mol. The summed E-state index contributed by atoms with van der Waals surface area (Å²) < 4.78 is 2.32. The lowest BCUT2D eigenvalue weighted by molar-refractivity contribution is 0.297. The highest BCUT2D eigenvalue weighted by atomic mass is 15.1. The zero-order chi connectivity index (χ0) is 19.9. The minimum absolute atomic E-state index is 0.639. The van der Waals surface area contributed by atoms with Crippen molar-refractivity contribution in [3.8, 4) is 11.8 Å². The summed E-state index contributed by atoms with van der Waals surface area (Å²) >= 11 is 0. The zero-order valence-electron chi connectivity index (χ0n) is 17.5. The molecule has 1 N–H and O–H groups in total.